The molecule has 26 heavy (non-hydrogen) atoms. The lowest BCUT2D eigenvalue weighted by molar-refractivity contribution is 0.740. The van der Waals surface area contributed by atoms with Gasteiger partial charge in [-0.1, -0.05) is 12.1 Å². The van der Waals surface area contributed by atoms with Gasteiger partial charge in [-0.25, -0.2) is 0 Å². The Labute approximate surface area is 149 Å². The Kier molecular flexibility index (Phi) is 4.42. The average Bonchev–Trinajstić information content (AvgIpc) is 3.29. The van der Waals surface area contributed by atoms with Crippen LogP contribution in [0.15, 0.2) is 53.8 Å². The predicted molar refractivity (Wildman–Crippen MR) is 97.9 cm³/mol. The topological polar surface area (TPSA) is 96.8 Å². The first-order valence-electron chi connectivity index (χ1n) is 8.37. The van der Waals surface area contributed by atoms with Crippen molar-refractivity contribution in [2.75, 3.05) is 13.6 Å². The molecule has 0 fully saturated rings. The Morgan fingerprint density at radius 2 is 1.54 bits per heavy atom. The summed E-state index contributed by atoms with van der Waals surface area (Å²) in [5, 5.41) is 23.3. The fourth-order valence-corrected chi connectivity index (χ4v) is 2.75. The maximum absolute atomic E-state index is 4.24. The summed E-state index contributed by atoms with van der Waals surface area (Å²) in [4.78, 5) is 4.24. The van der Waals surface area contributed by atoms with Crippen molar-refractivity contribution in [3.8, 4) is 0 Å². The fraction of sp³-hybridized carbons (Fsp3) is 0.235. The monoisotopic (exact) mass is 349 g/mol. The number of nitrogens with one attached hydrogen (secondary N) is 2. The molecular weight excluding hydrogens is 330 g/mol. The molecule has 0 radical (unpaired) electrons. The summed E-state index contributed by atoms with van der Waals surface area (Å²) in [7, 11) is 1.74. The van der Waals surface area contributed by atoms with Crippen molar-refractivity contribution in [1.82, 2.24) is 39.8 Å². The molecule has 9 heteroatoms. The summed E-state index contributed by atoms with van der Waals surface area (Å²) in [6.07, 6.45) is 4.65. The van der Waals surface area contributed by atoms with Crippen molar-refractivity contribution in [3.05, 3.63) is 60.4 Å². The number of fused-ring (bicyclic) bond motifs is 2. The van der Waals surface area contributed by atoms with Gasteiger partial charge < -0.3 is 10.6 Å². The number of aliphatic imine (C=N–C) groups is 1. The molecule has 0 saturated carbocycles. The van der Waals surface area contributed by atoms with Crippen molar-refractivity contribution < 1.29 is 0 Å². The summed E-state index contributed by atoms with van der Waals surface area (Å²) < 4.78 is 3.93. The van der Waals surface area contributed by atoms with Crippen LogP contribution in [0.3, 0.4) is 0 Å². The molecule has 132 valence electrons. The second-order valence-corrected chi connectivity index (χ2v) is 5.69. The van der Waals surface area contributed by atoms with E-state index in [1.807, 2.05) is 57.6 Å². The normalized spacial score (nSPS) is 12.0. The third-order valence-corrected chi connectivity index (χ3v) is 4.05. The van der Waals surface area contributed by atoms with Gasteiger partial charge in [0.25, 0.3) is 0 Å². The van der Waals surface area contributed by atoms with E-state index < -0.39 is 0 Å². The quantitative estimate of drug-likeness (QED) is 0.406. The zero-order valence-electron chi connectivity index (χ0n) is 14.4. The smallest absolute Gasteiger partial charge is 0.191 e. The first kappa shape index (κ1) is 16.0. The molecule has 0 saturated heterocycles. The number of nitrogens with zero attached hydrogens (tertiary/aromatic N) is 7. The summed E-state index contributed by atoms with van der Waals surface area (Å²) in [6.45, 7) is 1.22. The largest absolute Gasteiger partial charge is 0.356 e. The van der Waals surface area contributed by atoms with Gasteiger partial charge in [-0.3, -0.25) is 13.8 Å². The average molecular weight is 349 g/mol. The minimum atomic E-state index is 0.527. The molecule has 0 aliphatic heterocycles. The van der Waals surface area contributed by atoms with E-state index in [4.69, 9.17) is 0 Å². The molecule has 2 N–H and O–H groups in total. The number of hydrogen-bond donors (Lipinski definition) is 2. The van der Waals surface area contributed by atoms with Crippen molar-refractivity contribution in [3.63, 3.8) is 0 Å². The summed E-state index contributed by atoms with van der Waals surface area (Å²) >= 11 is 0. The molecule has 4 aromatic heterocycles. The van der Waals surface area contributed by atoms with E-state index in [1.165, 1.54) is 0 Å². The number of rotatable bonds is 5. The molecule has 0 atom stereocenters. The Morgan fingerprint density at radius 1 is 0.885 bits per heavy atom. The first-order valence-corrected chi connectivity index (χ1v) is 8.37. The molecule has 0 spiro atoms. The van der Waals surface area contributed by atoms with Gasteiger partial charge in [0, 0.05) is 32.4 Å². The van der Waals surface area contributed by atoms with Gasteiger partial charge in [0.05, 0.1) is 6.54 Å². The van der Waals surface area contributed by atoms with Crippen LogP contribution < -0.4 is 10.6 Å². The Morgan fingerprint density at radius 3 is 2.23 bits per heavy atom. The Balaban J connectivity index is 1.33. The highest BCUT2D eigenvalue weighted by Gasteiger charge is 2.07. The third kappa shape index (κ3) is 3.18. The molecular formula is C17H19N9. The van der Waals surface area contributed by atoms with Crippen LogP contribution in [0.25, 0.3) is 11.3 Å². The van der Waals surface area contributed by atoms with Gasteiger partial charge in [-0.15, -0.1) is 20.4 Å². The van der Waals surface area contributed by atoms with Crippen LogP contribution in [-0.4, -0.2) is 48.7 Å². The van der Waals surface area contributed by atoms with Crippen molar-refractivity contribution >= 4 is 17.3 Å². The van der Waals surface area contributed by atoms with Crippen LogP contribution in [0.2, 0.25) is 0 Å². The summed E-state index contributed by atoms with van der Waals surface area (Å²) in [5.41, 5.74) is 1.68. The van der Waals surface area contributed by atoms with Crippen LogP contribution in [0.5, 0.6) is 0 Å². The van der Waals surface area contributed by atoms with E-state index in [2.05, 4.69) is 36.0 Å². The lowest BCUT2D eigenvalue weighted by atomic mass is 10.4. The molecule has 4 heterocycles. The number of pyridine rings is 2. The molecule has 9 nitrogen and oxygen atoms in total. The van der Waals surface area contributed by atoms with E-state index in [0.717, 1.165) is 29.4 Å². The van der Waals surface area contributed by atoms with Crippen molar-refractivity contribution in [2.45, 2.75) is 13.0 Å². The second-order valence-electron chi connectivity index (χ2n) is 5.69. The zero-order chi connectivity index (χ0) is 17.8. The van der Waals surface area contributed by atoms with Gasteiger partial charge in [-0.05, 0) is 24.3 Å². The van der Waals surface area contributed by atoms with Gasteiger partial charge in [-0.2, -0.15) is 0 Å². The lowest BCUT2D eigenvalue weighted by Gasteiger charge is -2.10. The van der Waals surface area contributed by atoms with E-state index in [9.17, 15) is 0 Å². The van der Waals surface area contributed by atoms with E-state index in [0.29, 0.717) is 19.0 Å². The fourth-order valence-electron chi connectivity index (χ4n) is 2.75. The van der Waals surface area contributed by atoms with Gasteiger partial charge in [0.2, 0.25) is 0 Å². The van der Waals surface area contributed by atoms with Gasteiger partial charge in [0.15, 0.2) is 23.1 Å². The SMILES string of the molecule is CN=C(NCCc1nnc2ccccn12)NCc1nnc2ccccn12. The minimum absolute atomic E-state index is 0.527. The van der Waals surface area contributed by atoms with Crippen molar-refractivity contribution in [1.29, 1.82) is 0 Å². The molecule has 0 amide bonds. The van der Waals surface area contributed by atoms with Crippen LogP contribution in [0, 0.1) is 0 Å². The Bertz CT molecular complexity index is 1050. The molecule has 0 aromatic carbocycles. The van der Waals surface area contributed by atoms with Crippen LogP contribution in [0.4, 0.5) is 0 Å². The number of aromatic nitrogens is 6. The van der Waals surface area contributed by atoms with E-state index in [-0.39, 0.29) is 0 Å². The van der Waals surface area contributed by atoms with Crippen LogP contribution >= 0.6 is 0 Å². The van der Waals surface area contributed by atoms with Crippen LogP contribution in [0.1, 0.15) is 11.6 Å². The summed E-state index contributed by atoms with van der Waals surface area (Å²) in [5.74, 6) is 2.44. The highest BCUT2D eigenvalue weighted by molar-refractivity contribution is 5.79. The highest BCUT2D eigenvalue weighted by atomic mass is 15.3. The Hall–Kier alpha value is -3.49. The maximum atomic E-state index is 4.24. The number of hydrogen-bond acceptors (Lipinski definition) is 5. The van der Waals surface area contributed by atoms with Crippen LogP contribution in [-0.2, 0) is 13.0 Å². The molecule has 4 aromatic rings. The zero-order valence-corrected chi connectivity index (χ0v) is 14.4. The minimum Gasteiger partial charge on any atom is -0.356 e. The van der Waals surface area contributed by atoms with E-state index >= 15 is 0 Å². The highest BCUT2D eigenvalue weighted by Crippen LogP contribution is 2.03. The molecule has 0 aliphatic carbocycles. The summed E-state index contributed by atoms with van der Waals surface area (Å²) in [6, 6.07) is 11.7. The molecule has 0 aliphatic rings. The first-order chi connectivity index (χ1) is 12.8. The molecule has 0 unspecified atom stereocenters. The second kappa shape index (κ2) is 7.18. The lowest BCUT2D eigenvalue weighted by Crippen LogP contribution is -2.38. The molecule has 4 rings (SSSR count). The van der Waals surface area contributed by atoms with Gasteiger partial charge >= 0.3 is 0 Å². The maximum Gasteiger partial charge on any atom is 0.191 e. The number of guanidine groups is 1. The standard InChI is InChI=1S/C17H19N9/c1-18-17(20-12-16-24-22-14-7-3-5-11-26(14)16)19-9-8-15-23-21-13-6-2-4-10-25(13)15/h2-7,10-11H,8-9,12H2,1H3,(H2,18,19,20). The van der Waals surface area contributed by atoms with Gasteiger partial charge in [0.1, 0.15) is 5.82 Å². The third-order valence-electron chi connectivity index (χ3n) is 4.05. The molecule has 0 bridgehead atoms. The predicted octanol–water partition coefficient (Wildman–Crippen LogP) is 0.680. The van der Waals surface area contributed by atoms with Crippen molar-refractivity contribution in [2.24, 2.45) is 4.99 Å². The van der Waals surface area contributed by atoms with E-state index in [1.54, 1.807) is 7.05 Å².